The molecule has 0 aliphatic carbocycles. The highest BCUT2D eigenvalue weighted by molar-refractivity contribution is 9.10. The Morgan fingerprint density at radius 3 is 2.05 bits per heavy atom. The molecule has 1 aliphatic rings. The number of hydrogen-bond donors (Lipinski definition) is 0. The van der Waals surface area contributed by atoms with Crippen molar-refractivity contribution < 1.29 is 33.3 Å². The van der Waals surface area contributed by atoms with Crippen molar-refractivity contribution in [1.82, 2.24) is 0 Å². The number of esters is 2. The first-order valence-electron chi connectivity index (χ1n) is 13.7. The summed E-state index contributed by atoms with van der Waals surface area (Å²) in [5, 5.41) is 0. The molecular formula is C35H28Br2O7. The average molecular weight is 720 g/mol. The minimum absolute atomic E-state index is 0.115. The third-order valence-corrected chi connectivity index (χ3v) is 7.96. The molecule has 0 radical (unpaired) electrons. The van der Waals surface area contributed by atoms with Crippen LogP contribution in [0.3, 0.4) is 0 Å². The Labute approximate surface area is 272 Å². The van der Waals surface area contributed by atoms with Crippen LogP contribution in [0.25, 0.3) is 6.08 Å². The van der Waals surface area contributed by atoms with E-state index in [0.717, 1.165) is 8.95 Å². The van der Waals surface area contributed by atoms with Crippen molar-refractivity contribution >= 4 is 55.7 Å². The Morgan fingerprint density at radius 2 is 1.45 bits per heavy atom. The standard InChI is InChI=1S/C35H28Br2O7/c1-35(2)17-16-27-29(44-35)20-30(41-3)31(32(27)43-34(40)23-7-5-9-25(37)19-23)28(38)15-12-21-10-13-26(14-11-21)42-33(39)22-6-4-8-24(36)18-22/h4-15,18-20H,16-17H2,1-3H3/b15-12+. The topological polar surface area (TPSA) is 88.1 Å². The molecule has 0 N–H and O–H groups in total. The van der Waals surface area contributed by atoms with Crippen LogP contribution in [0.4, 0.5) is 0 Å². The quantitative estimate of drug-likeness (QED) is 0.0780. The Morgan fingerprint density at radius 1 is 0.841 bits per heavy atom. The van der Waals surface area contributed by atoms with Gasteiger partial charge in [-0.1, -0.05) is 62.2 Å². The number of carbonyl (C=O) groups is 3. The summed E-state index contributed by atoms with van der Waals surface area (Å²) in [5.74, 6) is -0.314. The molecular weight excluding hydrogens is 692 g/mol. The fourth-order valence-corrected chi connectivity index (χ4v) is 5.51. The number of rotatable bonds is 8. The maximum atomic E-state index is 13.7. The number of ketones is 1. The molecule has 5 rings (SSSR count). The monoisotopic (exact) mass is 718 g/mol. The second-order valence-electron chi connectivity index (χ2n) is 10.7. The second-order valence-corrected chi connectivity index (χ2v) is 12.5. The van der Waals surface area contributed by atoms with Gasteiger partial charge in [0.2, 0.25) is 0 Å². The molecule has 0 atom stereocenters. The van der Waals surface area contributed by atoms with Gasteiger partial charge in [-0.15, -0.1) is 0 Å². The van der Waals surface area contributed by atoms with Gasteiger partial charge in [-0.3, -0.25) is 4.79 Å². The molecule has 0 fully saturated rings. The van der Waals surface area contributed by atoms with Crippen LogP contribution in [0.1, 0.15) is 62.5 Å². The summed E-state index contributed by atoms with van der Waals surface area (Å²) in [5.41, 5.74) is 1.74. The van der Waals surface area contributed by atoms with Gasteiger partial charge in [0, 0.05) is 20.6 Å². The van der Waals surface area contributed by atoms with Crippen molar-refractivity contribution in [2.45, 2.75) is 32.3 Å². The van der Waals surface area contributed by atoms with Crippen LogP contribution in [0, 0.1) is 0 Å². The molecule has 0 bridgehead atoms. The second kappa shape index (κ2) is 13.2. The number of benzene rings is 4. The third-order valence-electron chi connectivity index (χ3n) is 6.97. The summed E-state index contributed by atoms with van der Waals surface area (Å²) in [7, 11) is 1.45. The molecule has 4 aromatic carbocycles. The summed E-state index contributed by atoms with van der Waals surface area (Å²) in [6.45, 7) is 3.95. The molecule has 4 aromatic rings. The van der Waals surface area contributed by atoms with E-state index in [4.69, 9.17) is 18.9 Å². The predicted octanol–water partition coefficient (Wildman–Crippen LogP) is 8.66. The van der Waals surface area contributed by atoms with E-state index < -0.39 is 23.3 Å². The molecule has 224 valence electrons. The summed E-state index contributed by atoms with van der Waals surface area (Å²) in [6.07, 6.45) is 4.21. The van der Waals surface area contributed by atoms with Crippen molar-refractivity contribution in [2.75, 3.05) is 7.11 Å². The van der Waals surface area contributed by atoms with Crippen molar-refractivity contribution in [2.24, 2.45) is 0 Å². The molecule has 9 heteroatoms. The summed E-state index contributed by atoms with van der Waals surface area (Å²) >= 11 is 6.73. The Balaban J connectivity index is 1.43. The van der Waals surface area contributed by atoms with Crippen molar-refractivity contribution in [3.05, 3.63) is 122 Å². The summed E-state index contributed by atoms with van der Waals surface area (Å²) < 4.78 is 24.7. The van der Waals surface area contributed by atoms with Crippen LogP contribution in [-0.4, -0.2) is 30.4 Å². The van der Waals surface area contributed by atoms with Gasteiger partial charge < -0.3 is 18.9 Å². The van der Waals surface area contributed by atoms with Crippen LogP contribution in [0.5, 0.6) is 23.0 Å². The summed E-state index contributed by atoms with van der Waals surface area (Å²) in [4.78, 5) is 39.5. The van der Waals surface area contributed by atoms with Gasteiger partial charge in [0.15, 0.2) is 11.5 Å². The number of fused-ring (bicyclic) bond motifs is 1. The maximum absolute atomic E-state index is 13.7. The van der Waals surface area contributed by atoms with E-state index >= 15 is 0 Å². The van der Waals surface area contributed by atoms with E-state index in [1.165, 1.54) is 13.2 Å². The molecule has 0 saturated heterocycles. The number of allylic oxidation sites excluding steroid dienone is 1. The fourth-order valence-electron chi connectivity index (χ4n) is 4.71. The predicted molar refractivity (Wildman–Crippen MR) is 174 cm³/mol. The highest BCUT2D eigenvalue weighted by Gasteiger charge is 2.34. The van der Waals surface area contributed by atoms with Crippen LogP contribution in [0.15, 0.2) is 93.9 Å². The highest BCUT2D eigenvalue weighted by atomic mass is 79.9. The highest BCUT2D eigenvalue weighted by Crippen LogP contribution is 2.45. The molecule has 0 unspecified atom stereocenters. The lowest BCUT2D eigenvalue weighted by atomic mass is 9.91. The minimum atomic E-state index is -0.613. The first-order chi connectivity index (χ1) is 21.0. The number of carbonyl (C=O) groups excluding carboxylic acids is 3. The Bertz CT molecular complexity index is 1770. The van der Waals surface area contributed by atoms with Gasteiger partial charge in [-0.05, 0) is 86.9 Å². The Kier molecular flexibility index (Phi) is 9.36. The van der Waals surface area contributed by atoms with Crippen LogP contribution in [0.2, 0.25) is 0 Å². The van der Waals surface area contributed by atoms with Gasteiger partial charge in [0.25, 0.3) is 0 Å². The molecule has 1 heterocycles. The van der Waals surface area contributed by atoms with Crippen molar-refractivity contribution in [3.63, 3.8) is 0 Å². The van der Waals surface area contributed by atoms with E-state index in [2.05, 4.69) is 31.9 Å². The van der Waals surface area contributed by atoms with E-state index in [1.54, 1.807) is 78.9 Å². The lowest BCUT2D eigenvalue weighted by Crippen LogP contribution is -2.33. The fraction of sp³-hybridized carbons (Fsp3) is 0.171. The first kappa shape index (κ1) is 31.2. The minimum Gasteiger partial charge on any atom is -0.496 e. The largest absolute Gasteiger partial charge is 0.496 e. The third kappa shape index (κ3) is 7.29. The zero-order valence-corrected chi connectivity index (χ0v) is 27.4. The lowest BCUT2D eigenvalue weighted by molar-refractivity contribution is 0.0703. The van der Waals surface area contributed by atoms with E-state index in [9.17, 15) is 14.4 Å². The molecule has 44 heavy (non-hydrogen) atoms. The molecule has 0 saturated carbocycles. The number of methoxy groups -OCH3 is 1. The smallest absolute Gasteiger partial charge is 0.343 e. The first-order valence-corrected chi connectivity index (χ1v) is 15.3. The SMILES string of the molecule is COc1cc2c(c(OC(=O)c3cccc(Br)c3)c1C(=O)/C=C/c1ccc(OC(=O)c3cccc(Br)c3)cc1)CCC(C)(C)O2. The zero-order chi connectivity index (χ0) is 31.4. The molecule has 7 nitrogen and oxygen atoms in total. The average Bonchev–Trinajstić information content (AvgIpc) is 2.99. The van der Waals surface area contributed by atoms with Gasteiger partial charge in [-0.25, -0.2) is 9.59 Å². The van der Waals surface area contributed by atoms with E-state index in [-0.39, 0.29) is 17.1 Å². The molecule has 0 spiro atoms. The zero-order valence-electron chi connectivity index (χ0n) is 24.2. The normalized spacial score (nSPS) is 13.5. The maximum Gasteiger partial charge on any atom is 0.343 e. The van der Waals surface area contributed by atoms with Crippen molar-refractivity contribution in [3.8, 4) is 23.0 Å². The lowest BCUT2D eigenvalue weighted by Gasteiger charge is -2.34. The van der Waals surface area contributed by atoms with Gasteiger partial charge in [-0.2, -0.15) is 0 Å². The Hall–Kier alpha value is -4.21. The molecule has 0 aromatic heterocycles. The summed E-state index contributed by atoms with van der Waals surface area (Å²) in [6, 6.07) is 22.1. The van der Waals surface area contributed by atoms with Crippen LogP contribution in [-0.2, 0) is 6.42 Å². The van der Waals surface area contributed by atoms with Crippen LogP contribution >= 0.6 is 31.9 Å². The number of ether oxygens (including phenoxy) is 4. The van der Waals surface area contributed by atoms with Gasteiger partial charge >= 0.3 is 11.9 Å². The van der Waals surface area contributed by atoms with E-state index in [1.807, 2.05) is 19.9 Å². The molecule has 1 aliphatic heterocycles. The van der Waals surface area contributed by atoms with Gasteiger partial charge in [0.05, 0.1) is 18.2 Å². The molecule has 0 amide bonds. The van der Waals surface area contributed by atoms with Crippen LogP contribution < -0.4 is 18.9 Å². The van der Waals surface area contributed by atoms with E-state index in [0.29, 0.717) is 46.6 Å². The van der Waals surface area contributed by atoms with Crippen molar-refractivity contribution in [1.29, 1.82) is 0 Å². The number of halogens is 2. The number of hydrogen-bond acceptors (Lipinski definition) is 7. The van der Waals surface area contributed by atoms with Gasteiger partial charge in [0.1, 0.15) is 28.4 Å².